The van der Waals surface area contributed by atoms with Gasteiger partial charge in [-0.15, -0.1) is 10.2 Å². The Kier molecular flexibility index (Phi) is 5.08. The van der Waals surface area contributed by atoms with E-state index in [1.54, 1.807) is 12.1 Å². The smallest absolute Gasteiger partial charge is 0.247 e. The summed E-state index contributed by atoms with van der Waals surface area (Å²) in [5.41, 5.74) is 1.62. The molecule has 2 heterocycles. The lowest BCUT2D eigenvalue weighted by Gasteiger charge is -2.09. The Balaban J connectivity index is 1.46. The first kappa shape index (κ1) is 18.2. The van der Waals surface area contributed by atoms with Crippen molar-refractivity contribution in [2.24, 2.45) is 0 Å². The highest BCUT2D eigenvalue weighted by Crippen LogP contribution is 2.23. The minimum absolute atomic E-state index is 0.120. The zero-order chi connectivity index (χ0) is 19.5. The molecular weight excluding hydrogens is 380 g/mol. The van der Waals surface area contributed by atoms with Crippen LogP contribution in [0.15, 0.2) is 57.5 Å². The van der Waals surface area contributed by atoms with Gasteiger partial charge in [0.2, 0.25) is 23.5 Å². The Morgan fingerprint density at radius 1 is 0.929 bits per heavy atom. The fourth-order valence-electron chi connectivity index (χ4n) is 2.56. The molecule has 0 spiro atoms. The summed E-state index contributed by atoms with van der Waals surface area (Å²) in [4.78, 5) is 4.40. The van der Waals surface area contributed by atoms with Crippen molar-refractivity contribution in [2.75, 3.05) is 0 Å². The second-order valence-corrected chi connectivity index (χ2v) is 6.82. The summed E-state index contributed by atoms with van der Waals surface area (Å²) in [6.07, 6.45) is 0.372. The number of hydrogen-bond donors (Lipinski definition) is 0. The van der Waals surface area contributed by atoms with Crippen LogP contribution in [0.25, 0.3) is 22.8 Å². The molecule has 0 bridgehead atoms. The molecule has 0 N–H and O–H groups in total. The fourth-order valence-corrected chi connectivity index (χ4v) is 2.69. The first-order valence-corrected chi connectivity index (χ1v) is 9.12. The van der Waals surface area contributed by atoms with Gasteiger partial charge in [-0.2, -0.15) is 4.98 Å². The molecule has 142 valence electrons. The van der Waals surface area contributed by atoms with Crippen molar-refractivity contribution in [3.8, 4) is 28.6 Å². The van der Waals surface area contributed by atoms with Gasteiger partial charge in [0.1, 0.15) is 12.2 Å². The SMILES string of the molecule is CC(C)Oc1ccc(-c2noc(Cc3nnc(-c4ccc(Cl)cc4)o3)n2)cc1. The highest BCUT2D eigenvalue weighted by Gasteiger charge is 2.14. The predicted molar refractivity (Wildman–Crippen MR) is 103 cm³/mol. The van der Waals surface area contributed by atoms with E-state index in [4.69, 9.17) is 25.3 Å². The summed E-state index contributed by atoms with van der Waals surface area (Å²) in [5.74, 6) is 2.48. The standard InChI is InChI=1S/C20H17ClN4O3/c1-12(2)26-16-9-5-13(6-10-16)19-22-17(28-25-19)11-18-23-24-20(27-18)14-3-7-15(21)8-4-14/h3-10,12H,11H2,1-2H3. The van der Waals surface area contributed by atoms with Crippen LogP contribution in [0.4, 0.5) is 0 Å². The van der Waals surface area contributed by atoms with E-state index in [1.165, 1.54) is 0 Å². The van der Waals surface area contributed by atoms with E-state index in [-0.39, 0.29) is 12.5 Å². The van der Waals surface area contributed by atoms with Crippen LogP contribution in [0.1, 0.15) is 25.6 Å². The van der Waals surface area contributed by atoms with Gasteiger partial charge >= 0.3 is 0 Å². The van der Waals surface area contributed by atoms with E-state index in [9.17, 15) is 0 Å². The van der Waals surface area contributed by atoms with Gasteiger partial charge in [-0.1, -0.05) is 16.8 Å². The van der Waals surface area contributed by atoms with E-state index >= 15 is 0 Å². The molecule has 0 aliphatic heterocycles. The molecule has 4 aromatic rings. The molecule has 8 heteroatoms. The molecule has 28 heavy (non-hydrogen) atoms. The van der Waals surface area contributed by atoms with Crippen LogP contribution in [0.3, 0.4) is 0 Å². The van der Waals surface area contributed by atoms with Crippen LogP contribution in [0.2, 0.25) is 5.02 Å². The molecule has 0 saturated carbocycles. The molecule has 0 saturated heterocycles. The highest BCUT2D eigenvalue weighted by atomic mass is 35.5. The van der Waals surface area contributed by atoms with E-state index in [1.807, 2.05) is 50.2 Å². The molecule has 2 aromatic heterocycles. The number of hydrogen-bond acceptors (Lipinski definition) is 7. The second-order valence-electron chi connectivity index (χ2n) is 6.39. The molecule has 7 nitrogen and oxygen atoms in total. The lowest BCUT2D eigenvalue weighted by molar-refractivity contribution is 0.242. The molecule has 0 fully saturated rings. The van der Waals surface area contributed by atoms with Gasteiger partial charge in [-0.25, -0.2) is 0 Å². The van der Waals surface area contributed by atoms with Gasteiger partial charge < -0.3 is 13.7 Å². The fraction of sp³-hybridized carbons (Fsp3) is 0.200. The third kappa shape index (κ3) is 4.20. The molecule has 0 amide bonds. The van der Waals surface area contributed by atoms with Crippen molar-refractivity contribution in [3.05, 3.63) is 65.3 Å². The largest absolute Gasteiger partial charge is 0.491 e. The molecule has 2 aromatic carbocycles. The lowest BCUT2D eigenvalue weighted by Crippen LogP contribution is -2.05. The molecule has 4 rings (SSSR count). The van der Waals surface area contributed by atoms with Crippen molar-refractivity contribution in [1.29, 1.82) is 0 Å². The van der Waals surface area contributed by atoms with Crippen molar-refractivity contribution in [2.45, 2.75) is 26.4 Å². The van der Waals surface area contributed by atoms with Gasteiger partial charge in [-0.05, 0) is 62.4 Å². The second kappa shape index (κ2) is 7.82. The van der Waals surface area contributed by atoms with Crippen molar-refractivity contribution >= 4 is 11.6 Å². The van der Waals surface area contributed by atoms with Gasteiger partial charge in [0.05, 0.1) is 6.10 Å². The summed E-state index contributed by atoms with van der Waals surface area (Å²) < 4.78 is 16.6. The Labute approximate surface area is 166 Å². The Morgan fingerprint density at radius 3 is 2.36 bits per heavy atom. The van der Waals surface area contributed by atoms with Crippen molar-refractivity contribution in [1.82, 2.24) is 20.3 Å². The maximum absolute atomic E-state index is 5.89. The third-order valence-corrected chi connectivity index (χ3v) is 4.06. The van der Waals surface area contributed by atoms with Crippen LogP contribution in [0.5, 0.6) is 5.75 Å². The highest BCUT2D eigenvalue weighted by molar-refractivity contribution is 6.30. The number of ether oxygens (including phenoxy) is 1. The van der Waals surface area contributed by atoms with Crippen molar-refractivity contribution < 1.29 is 13.7 Å². The average molecular weight is 397 g/mol. The molecule has 0 radical (unpaired) electrons. The summed E-state index contributed by atoms with van der Waals surface area (Å²) in [6, 6.07) is 14.7. The zero-order valence-electron chi connectivity index (χ0n) is 15.3. The Morgan fingerprint density at radius 2 is 1.64 bits per heavy atom. The number of halogens is 1. The maximum Gasteiger partial charge on any atom is 0.247 e. The third-order valence-electron chi connectivity index (χ3n) is 3.81. The van der Waals surface area contributed by atoms with Crippen LogP contribution < -0.4 is 4.74 Å². The van der Waals surface area contributed by atoms with E-state index in [0.717, 1.165) is 16.9 Å². The van der Waals surface area contributed by atoms with Gasteiger partial charge in [0.25, 0.3) is 0 Å². The zero-order valence-corrected chi connectivity index (χ0v) is 16.1. The quantitative estimate of drug-likeness (QED) is 0.461. The predicted octanol–water partition coefficient (Wildman–Crippen LogP) is 4.82. The van der Waals surface area contributed by atoms with E-state index < -0.39 is 0 Å². The maximum atomic E-state index is 5.89. The number of aromatic nitrogens is 4. The molecule has 0 aliphatic rings. The molecule has 0 aliphatic carbocycles. The average Bonchev–Trinajstić information content (AvgIpc) is 3.33. The first-order valence-electron chi connectivity index (χ1n) is 8.75. The minimum Gasteiger partial charge on any atom is -0.491 e. The van der Waals surface area contributed by atoms with Gasteiger partial charge in [-0.3, -0.25) is 0 Å². The summed E-state index contributed by atoms with van der Waals surface area (Å²) in [6.45, 7) is 3.96. The lowest BCUT2D eigenvalue weighted by atomic mass is 10.2. The first-order chi connectivity index (χ1) is 13.6. The topological polar surface area (TPSA) is 87.1 Å². The van der Waals surface area contributed by atoms with Crippen molar-refractivity contribution in [3.63, 3.8) is 0 Å². The van der Waals surface area contributed by atoms with Crippen LogP contribution in [0, 0.1) is 0 Å². The molecule has 0 unspecified atom stereocenters. The van der Waals surface area contributed by atoms with E-state index in [0.29, 0.717) is 28.5 Å². The number of nitrogens with zero attached hydrogens (tertiary/aromatic N) is 4. The number of rotatable bonds is 6. The van der Waals surface area contributed by atoms with Crippen LogP contribution >= 0.6 is 11.6 Å². The number of benzene rings is 2. The monoisotopic (exact) mass is 396 g/mol. The minimum atomic E-state index is 0.120. The Bertz CT molecular complexity index is 1060. The summed E-state index contributed by atoms with van der Waals surface area (Å²) in [5, 5.41) is 12.7. The summed E-state index contributed by atoms with van der Waals surface area (Å²) in [7, 11) is 0. The summed E-state index contributed by atoms with van der Waals surface area (Å²) >= 11 is 5.89. The molecule has 0 atom stereocenters. The Hall–Kier alpha value is -3.19. The van der Waals surface area contributed by atoms with Crippen LogP contribution in [-0.4, -0.2) is 26.4 Å². The van der Waals surface area contributed by atoms with Gasteiger partial charge in [0, 0.05) is 16.1 Å². The van der Waals surface area contributed by atoms with Gasteiger partial charge in [0.15, 0.2) is 0 Å². The molecular formula is C20H17ClN4O3. The van der Waals surface area contributed by atoms with Crippen LogP contribution in [-0.2, 0) is 6.42 Å². The van der Waals surface area contributed by atoms with E-state index in [2.05, 4.69) is 20.3 Å². The normalized spacial score (nSPS) is 11.1.